The van der Waals surface area contributed by atoms with E-state index in [0.717, 1.165) is 0 Å². The molecule has 5 nitrogen and oxygen atoms in total. The van der Waals surface area contributed by atoms with Crippen LogP contribution in [0.1, 0.15) is 20.8 Å². The van der Waals surface area contributed by atoms with Gasteiger partial charge in [-0.15, -0.1) is 11.3 Å². The molecule has 4 rings (SSSR count). The van der Waals surface area contributed by atoms with Crippen molar-refractivity contribution in [3.8, 4) is 11.5 Å². The molecule has 0 bridgehead atoms. The summed E-state index contributed by atoms with van der Waals surface area (Å²) in [5, 5.41) is 3.16. The van der Waals surface area contributed by atoms with Gasteiger partial charge in [0.25, 0.3) is 5.91 Å². The average molecular weight is 440 g/mol. The van der Waals surface area contributed by atoms with E-state index < -0.39 is 11.6 Å². The van der Waals surface area contributed by atoms with Gasteiger partial charge in [0.2, 0.25) is 0 Å². The minimum absolute atomic E-state index is 0.0606. The summed E-state index contributed by atoms with van der Waals surface area (Å²) in [6.45, 7) is 0.213. The Balaban J connectivity index is 1.49. The van der Waals surface area contributed by atoms with Crippen LogP contribution >= 0.6 is 11.3 Å². The number of fused-ring (bicyclic) bond motifs is 1. The standard InChI is InChI=1S/C23H18F2N2O3S/c1-29-13-16-21-17(24)5-2-6-20(21)31-22(16)23(28)27-11-14-7-8-19(18(25)10-14)30-15-4-3-9-26-12-15/h2-10,12H,11,13H2,1H3,(H,27,28). The number of nitrogens with one attached hydrogen (secondary N) is 1. The first kappa shape index (κ1) is 20.9. The van der Waals surface area contributed by atoms with Crippen molar-refractivity contribution in [2.24, 2.45) is 0 Å². The summed E-state index contributed by atoms with van der Waals surface area (Å²) < 4.78 is 40.0. The van der Waals surface area contributed by atoms with E-state index in [1.165, 1.54) is 42.8 Å². The number of aromatic nitrogens is 1. The lowest BCUT2D eigenvalue weighted by Crippen LogP contribution is -2.23. The summed E-state index contributed by atoms with van der Waals surface area (Å²) in [6.07, 6.45) is 3.08. The van der Waals surface area contributed by atoms with Crippen molar-refractivity contribution in [1.29, 1.82) is 0 Å². The molecule has 2 heterocycles. The van der Waals surface area contributed by atoms with Gasteiger partial charge in [-0.1, -0.05) is 12.1 Å². The molecule has 2 aromatic carbocycles. The predicted octanol–water partition coefficient (Wildman–Crippen LogP) is 5.44. The van der Waals surface area contributed by atoms with Gasteiger partial charge >= 0.3 is 0 Å². The van der Waals surface area contributed by atoms with Crippen LogP contribution in [-0.2, 0) is 17.9 Å². The van der Waals surface area contributed by atoms with Gasteiger partial charge in [-0.3, -0.25) is 9.78 Å². The third-order valence-corrected chi connectivity index (χ3v) is 5.77. The Morgan fingerprint density at radius 1 is 1.13 bits per heavy atom. The zero-order chi connectivity index (χ0) is 21.8. The Labute approximate surface area is 181 Å². The van der Waals surface area contributed by atoms with Crippen LogP contribution in [0.25, 0.3) is 10.1 Å². The van der Waals surface area contributed by atoms with E-state index >= 15 is 0 Å². The van der Waals surface area contributed by atoms with Crippen LogP contribution < -0.4 is 10.1 Å². The third-order valence-electron chi connectivity index (χ3n) is 4.57. The predicted molar refractivity (Wildman–Crippen MR) is 114 cm³/mol. The normalized spacial score (nSPS) is 10.9. The number of rotatable bonds is 7. The monoisotopic (exact) mass is 440 g/mol. The molecule has 0 spiro atoms. The van der Waals surface area contributed by atoms with Gasteiger partial charge in [-0.05, 0) is 42.0 Å². The van der Waals surface area contributed by atoms with Gasteiger partial charge in [-0.2, -0.15) is 0 Å². The second-order valence-corrected chi connectivity index (χ2v) is 7.75. The number of nitrogens with zero attached hydrogens (tertiary/aromatic N) is 1. The van der Waals surface area contributed by atoms with Crippen molar-refractivity contribution in [1.82, 2.24) is 10.3 Å². The summed E-state index contributed by atoms with van der Waals surface area (Å²) in [4.78, 5) is 17.1. The molecule has 0 saturated heterocycles. The highest BCUT2D eigenvalue weighted by Gasteiger charge is 2.20. The van der Waals surface area contributed by atoms with Crippen LogP contribution in [0.15, 0.2) is 60.9 Å². The number of ether oxygens (including phenoxy) is 2. The molecule has 0 radical (unpaired) electrons. The number of thiophene rings is 1. The van der Waals surface area contributed by atoms with Crippen molar-refractivity contribution < 1.29 is 23.0 Å². The molecule has 0 unspecified atom stereocenters. The number of carbonyl (C=O) groups is 1. The second kappa shape index (κ2) is 9.20. The molecule has 2 aromatic heterocycles. The summed E-state index contributed by atoms with van der Waals surface area (Å²) in [6, 6.07) is 12.5. The van der Waals surface area contributed by atoms with Crippen molar-refractivity contribution in [2.45, 2.75) is 13.2 Å². The van der Waals surface area contributed by atoms with Gasteiger partial charge in [0.05, 0.1) is 17.7 Å². The van der Waals surface area contributed by atoms with Crippen LogP contribution in [0.4, 0.5) is 8.78 Å². The molecule has 0 aliphatic carbocycles. The fraction of sp³-hybridized carbons (Fsp3) is 0.130. The lowest BCUT2D eigenvalue weighted by Gasteiger charge is -2.09. The minimum atomic E-state index is -0.556. The number of hydrogen-bond donors (Lipinski definition) is 1. The zero-order valence-electron chi connectivity index (χ0n) is 16.5. The van der Waals surface area contributed by atoms with Crippen molar-refractivity contribution >= 4 is 27.3 Å². The number of methoxy groups -OCH3 is 1. The van der Waals surface area contributed by atoms with Gasteiger partial charge in [0.15, 0.2) is 11.6 Å². The first-order chi connectivity index (χ1) is 15.1. The Morgan fingerprint density at radius 2 is 2.00 bits per heavy atom. The molecule has 8 heteroatoms. The van der Waals surface area contributed by atoms with E-state index in [1.54, 1.807) is 36.5 Å². The van der Waals surface area contributed by atoms with Gasteiger partial charge < -0.3 is 14.8 Å². The molecular weight excluding hydrogens is 422 g/mol. The number of amides is 1. The molecule has 0 fully saturated rings. The summed E-state index contributed by atoms with van der Waals surface area (Å²) in [7, 11) is 1.49. The van der Waals surface area contributed by atoms with E-state index in [0.29, 0.717) is 31.8 Å². The summed E-state index contributed by atoms with van der Waals surface area (Å²) in [5.74, 6) is -0.843. The highest BCUT2D eigenvalue weighted by atomic mass is 32.1. The molecular formula is C23H18F2N2O3S. The fourth-order valence-electron chi connectivity index (χ4n) is 3.17. The average Bonchev–Trinajstić information content (AvgIpc) is 3.15. The van der Waals surface area contributed by atoms with Gasteiger partial charge in [-0.25, -0.2) is 8.78 Å². The Kier molecular flexibility index (Phi) is 6.20. The molecule has 0 aliphatic rings. The number of halogens is 2. The third kappa shape index (κ3) is 4.55. The molecule has 1 amide bonds. The van der Waals surface area contributed by atoms with Crippen LogP contribution in [0, 0.1) is 11.6 Å². The van der Waals surface area contributed by atoms with E-state index in [-0.39, 0.29) is 24.8 Å². The van der Waals surface area contributed by atoms with Gasteiger partial charge in [0.1, 0.15) is 11.6 Å². The molecule has 31 heavy (non-hydrogen) atoms. The minimum Gasteiger partial charge on any atom is -0.453 e. The lowest BCUT2D eigenvalue weighted by molar-refractivity contribution is 0.0950. The van der Waals surface area contributed by atoms with E-state index in [4.69, 9.17) is 9.47 Å². The van der Waals surface area contributed by atoms with E-state index in [1.807, 2.05) is 0 Å². The molecule has 0 aliphatic heterocycles. The first-order valence-corrected chi connectivity index (χ1v) is 10.2. The summed E-state index contributed by atoms with van der Waals surface area (Å²) >= 11 is 1.20. The largest absolute Gasteiger partial charge is 0.453 e. The Hall–Kier alpha value is -3.36. The molecule has 4 aromatic rings. The Morgan fingerprint density at radius 3 is 2.74 bits per heavy atom. The maximum absolute atomic E-state index is 14.4. The molecule has 0 atom stereocenters. The fourth-order valence-corrected chi connectivity index (χ4v) is 4.31. The first-order valence-electron chi connectivity index (χ1n) is 9.40. The molecule has 158 valence electrons. The number of hydrogen-bond acceptors (Lipinski definition) is 5. The van der Waals surface area contributed by atoms with Crippen LogP contribution in [-0.4, -0.2) is 18.0 Å². The van der Waals surface area contributed by atoms with Crippen LogP contribution in [0.3, 0.4) is 0 Å². The summed E-state index contributed by atoms with van der Waals surface area (Å²) in [5.41, 5.74) is 1.06. The highest BCUT2D eigenvalue weighted by molar-refractivity contribution is 7.21. The number of benzene rings is 2. The molecule has 0 saturated carbocycles. The maximum atomic E-state index is 14.4. The number of pyridine rings is 1. The van der Waals surface area contributed by atoms with Crippen molar-refractivity contribution in [3.05, 3.63) is 88.6 Å². The van der Waals surface area contributed by atoms with E-state index in [9.17, 15) is 13.6 Å². The Bertz CT molecular complexity index is 1230. The zero-order valence-corrected chi connectivity index (χ0v) is 17.3. The smallest absolute Gasteiger partial charge is 0.262 e. The second-order valence-electron chi connectivity index (χ2n) is 6.69. The molecule has 1 N–H and O–H groups in total. The topological polar surface area (TPSA) is 60.5 Å². The highest BCUT2D eigenvalue weighted by Crippen LogP contribution is 2.34. The van der Waals surface area contributed by atoms with Crippen LogP contribution in [0.2, 0.25) is 0 Å². The van der Waals surface area contributed by atoms with E-state index in [2.05, 4.69) is 10.3 Å². The SMILES string of the molecule is COCc1c(C(=O)NCc2ccc(Oc3cccnc3)c(F)c2)sc2cccc(F)c12. The quantitative estimate of drug-likeness (QED) is 0.416. The van der Waals surface area contributed by atoms with Crippen molar-refractivity contribution in [3.63, 3.8) is 0 Å². The van der Waals surface area contributed by atoms with Crippen molar-refractivity contribution in [2.75, 3.05) is 7.11 Å². The van der Waals surface area contributed by atoms with Crippen LogP contribution in [0.5, 0.6) is 11.5 Å². The lowest BCUT2D eigenvalue weighted by atomic mass is 10.1. The number of carbonyl (C=O) groups excluding carboxylic acids is 1. The maximum Gasteiger partial charge on any atom is 0.262 e. The van der Waals surface area contributed by atoms with Gasteiger partial charge in [0, 0.05) is 35.5 Å².